The summed E-state index contributed by atoms with van der Waals surface area (Å²) < 4.78 is 0. The highest BCUT2D eigenvalue weighted by Crippen LogP contribution is 2.28. The van der Waals surface area contributed by atoms with Crippen molar-refractivity contribution < 1.29 is 4.79 Å². The predicted molar refractivity (Wildman–Crippen MR) is 74.3 cm³/mol. The Balaban J connectivity index is 1.70. The van der Waals surface area contributed by atoms with Gasteiger partial charge in [-0.1, -0.05) is 19.8 Å². The molecule has 0 aromatic heterocycles. The van der Waals surface area contributed by atoms with Crippen LogP contribution in [-0.4, -0.2) is 25.0 Å². The molecule has 0 spiro atoms. The molecule has 1 saturated heterocycles. The van der Waals surface area contributed by atoms with Crippen molar-refractivity contribution in [3.63, 3.8) is 0 Å². The van der Waals surface area contributed by atoms with Crippen molar-refractivity contribution in [3.05, 3.63) is 0 Å². The summed E-state index contributed by atoms with van der Waals surface area (Å²) in [6.45, 7) is 6.39. The molecule has 4 unspecified atom stereocenters. The van der Waals surface area contributed by atoms with E-state index in [1.165, 1.54) is 25.7 Å². The van der Waals surface area contributed by atoms with Crippen molar-refractivity contribution in [2.24, 2.45) is 17.8 Å². The van der Waals surface area contributed by atoms with E-state index in [1.807, 2.05) is 0 Å². The van der Waals surface area contributed by atoms with E-state index in [0.717, 1.165) is 37.8 Å². The average Bonchev–Trinajstić information content (AvgIpc) is 2.36. The van der Waals surface area contributed by atoms with E-state index in [4.69, 9.17) is 0 Å². The molecule has 1 saturated carbocycles. The number of nitrogens with one attached hydrogen (secondary N) is 2. The van der Waals surface area contributed by atoms with Crippen molar-refractivity contribution in [2.75, 3.05) is 13.1 Å². The standard InChI is InChI=1S/C15H28N2O/c1-11-4-3-5-13(8-11)10-17-15(18)14-6-7-16-12(2)9-14/h11-14,16H,3-10H2,1-2H3,(H,17,18). The third-order valence-electron chi connectivity index (χ3n) is 4.60. The first-order valence-electron chi connectivity index (χ1n) is 7.66. The van der Waals surface area contributed by atoms with Crippen LogP contribution in [0.3, 0.4) is 0 Å². The maximum Gasteiger partial charge on any atom is 0.223 e. The van der Waals surface area contributed by atoms with Gasteiger partial charge in [-0.2, -0.15) is 0 Å². The number of amides is 1. The van der Waals surface area contributed by atoms with E-state index < -0.39 is 0 Å². The van der Waals surface area contributed by atoms with Crippen LogP contribution < -0.4 is 10.6 Å². The Morgan fingerprint density at radius 1 is 1.22 bits per heavy atom. The van der Waals surface area contributed by atoms with Gasteiger partial charge in [-0.25, -0.2) is 0 Å². The van der Waals surface area contributed by atoms with Crippen LogP contribution in [-0.2, 0) is 4.79 Å². The topological polar surface area (TPSA) is 41.1 Å². The minimum Gasteiger partial charge on any atom is -0.356 e. The van der Waals surface area contributed by atoms with Gasteiger partial charge in [-0.15, -0.1) is 0 Å². The predicted octanol–water partition coefficient (Wildman–Crippen LogP) is 2.32. The highest BCUT2D eigenvalue weighted by atomic mass is 16.1. The minimum absolute atomic E-state index is 0.238. The van der Waals surface area contributed by atoms with E-state index in [1.54, 1.807) is 0 Å². The van der Waals surface area contributed by atoms with Crippen LogP contribution in [0.4, 0.5) is 0 Å². The Kier molecular flexibility index (Phi) is 5.04. The molecule has 18 heavy (non-hydrogen) atoms. The first kappa shape index (κ1) is 13.9. The Hall–Kier alpha value is -0.570. The smallest absolute Gasteiger partial charge is 0.223 e. The van der Waals surface area contributed by atoms with Gasteiger partial charge < -0.3 is 10.6 Å². The number of hydrogen-bond donors (Lipinski definition) is 2. The third-order valence-corrected chi connectivity index (χ3v) is 4.60. The fourth-order valence-corrected chi connectivity index (χ4v) is 3.50. The fourth-order valence-electron chi connectivity index (χ4n) is 3.50. The molecule has 0 aromatic carbocycles. The number of carbonyl (C=O) groups is 1. The summed E-state index contributed by atoms with van der Waals surface area (Å²) >= 11 is 0. The molecule has 4 atom stereocenters. The zero-order valence-corrected chi connectivity index (χ0v) is 11.9. The monoisotopic (exact) mass is 252 g/mol. The largest absolute Gasteiger partial charge is 0.356 e. The zero-order valence-electron chi connectivity index (χ0n) is 11.9. The fraction of sp³-hybridized carbons (Fsp3) is 0.933. The Morgan fingerprint density at radius 2 is 2.06 bits per heavy atom. The summed E-state index contributed by atoms with van der Waals surface area (Å²) in [5.74, 6) is 2.10. The molecule has 3 heteroatoms. The highest BCUT2D eigenvalue weighted by molar-refractivity contribution is 5.78. The maximum atomic E-state index is 12.1. The van der Waals surface area contributed by atoms with E-state index >= 15 is 0 Å². The molecule has 104 valence electrons. The van der Waals surface area contributed by atoms with E-state index in [-0.39, 0.29) is 5.92 Å². The lowest BCUT2D eigenvalue weighted by Crippen LogP contribution is -2.43. The number of rotatable bonds is 3. The van der Waals surface area contributed by atoms with Gasteiger partial charge in [0, 0.05) is 18.5 Å². The Morgan fingerprint density at radius 3 is 2.78 bits per heavy atom. The second kappa shape index (κ2) is 6.55. The van der Waals surface area contributed by atoms with Gasteiger partial charge in [0.15, 0.2) is 0 Å². The quantitative estimate of drug-likeness (QED) is 0.809. The molecular formula is C15H28N2O. The van der Waals surface area contributed by atoms with Gasteiger partial charge in [0.25, 0.3) is 0 Å². The van der Waals surface area contributed by atoms with Gasteiger partial charge in [-0.3, -0.25) is 4.79 Å². The van der Waals surface area contributed by atoms with E-state index in [2.05, 4.69) is 24.5 Å². The normalized spacial score (nSPS) is 37.2. The van der Waals surface area contributed by atoms with Gasteiger partial charge in [0.2, 0.25) is 5.91 Å². The summed E-state index contributed by atoms with van der Waals surface area (Å²) in [7, 11) is 0. The zero-order chi connectivity index (χ0) is 13.0. The lowest BCUT2D eigenvalue weighted by Gasteiger charge is -2.29. The molecule has 3 nitrogen and oxygen atoms in total. The summed E-state index contributed by atoms with van der Waals surface area (Å²) in [5.41, 5.74) is 0. The summed E-state index contributed by atoms with van der Waals surface area (Å²) in [4.78, 5) is 12.1. The molecule has 1 aliphatic carbocycles. The maximum absolute atomic E-state index is 12.1. The lowest BCUT2D eigenvalue weighted by molar-refractivity contribution is -0.126. The molecule has 2 rings (SSSR count). The van der Waals surface area contributed by atoms with Crippen LogP contribution in [0.25, 0.3) is 0 Å². The molecule has 0 bridgehead atoms. The second-order valence-corrected chi connectivity index (χ2v) is 6.46. The molecule has 1 heterocycles. The first-order chi connectivity index (χ1) is 8.65. The number of carbonyl (C=O) groups excluding carboxylic acids is 1. The third kappa shape index (κ3) is 3.98. The van der Waals surface area contributed by atoms with Crippen LogP contribution >= 0.6 is 0 Å². The Bertz CT molecular complexity index is 280. The van der Waals surface area contributed by atoms with Crippen molar-refractivity contribution >= 4 is 5.91 Å². The molecule has 1 amide bonds. The van der Waals surface area contributed by atoms with Crippen molar-refractivity contribution in [2.45, 2.75) is 58.4 Å². The average molecular weight is 252 g/mol. The van der Waals surface area contributed by atoms with E-state index in [0.29, 0.717) is 11.9 Å². The molecule has 0 radical (unpaired) electrons. The van der Waals surface area contributed by atoms with Crippen LogP contribution in [0.5, 0.6) is 0 Å². The van der Waals surface area contributed by atoms with E-state index in [9.17, 15) is 4.79 Å². The molecule has 2 N–H and O–H groups in total. The summed E-state index contributed by atoms with van der Waals surface area (Å²) in [6, 6.07) is 0.490. The van der Waals surface area contributed by atoms with Crippen LogP contribution in [0, 0.1) is 17.8 Å². The van der Waals surface area contributed by atoms with Crippen molar-refractivity contribution in [3.8, 4) is 0 Å². The second-order valence-electron chi connectivity index (χ2n) is 6.46. The summed E-state index contributed by atoms with van der Waals surface area (Å²) in [5, 5.41) is 6.59. The molecule has 0 aromatic rings. The molecule has 2 fully saturated rings. The van der Waals surface area contributed by atoms with Gasteiger partial charge in [-0.05, 0) is 51.0 Å². The van der Waals surface area contributed by atoms with Gasteiger partial charge >= 0.3 is 0 Å². The highest BCUT2D eigenvalue weighted by Gasteiger charge is 2.25. The van der Waals surface area contributed by atoms with Crippen molar-refractivity contribution in [1.82, 2.24) is 10.6 Å². The summed E-state index contributed by atoms with van der Waals surface area (Å²) in [6.07, 6.45) is 7.29. The lowest BCUT2D eigenvalue weighted by atomic mass is 9.82. The Labute approximate surface area is 111 Å². The van der Waals surface area contributed by atoms with Crippen LogP contribution in [0.15, 0.2) is 0 Å². The van der Waals surface area contributed by atoms with Crippen LogP contribution in [0.2, 0.25) is 0 Å². The number of piperidine rings is 1. The molecule has 2 aliphatic rings. The minimum atomic E-state index is 0.238. The van der Waals surface area contributed by atoms with Crippen molar-refractivity contribution in [1.29, 1.82) is 0 Å². The van der Waals surface area contributed by atoms with Crippen LogP contribution in [0.1, 0.15) is 52.4 Å². The SMILES string of the molecule is CC1CCCC(CNC(=O)C2CCNC(C)C2)C1. The first-order valence-corrected chi connectivity index (χ1v) is 7.66. The molecular weight excluding hydrogens is 224 g/mol. The number of hydrogen-bond acceptors (Lipinski definition) is 2. The molecule has 1 aliphatic heterocycles. The van der Waals surface area contributed by atoms with Gasteiger partial charge in [0.05, 0.1) is 0 Å². The van der Waals surface area contributed by atoms with Gasteiger partial charge in [0.1, 0.15) is 0 Å².